The molecule has 0 aromatic carbocycles. The molecule has 0 saturated carbocycles. The topological polar surface area (TPSA) is 58.1 Å². The molecule has 6 heteroatoms. The fourth-order valence-corrected chi connectivity index (χ4v) is 2.94. The van der Waals surface area contributed by atoms with Crippen LogP contribution in [0.15, 0.2) is 0 Å². The zero-order chi connectivity index (χ0) is 13.5. The van der Waals surface area contributed by atoms with Gasteiger partial charge in [0.15, 0.2) is 0 Å². The molecule has 5 nitrogen and oxygen atoms in total. The van der Waals surface area contributed by atoms with Crippen LogP contribution in [0.4, 0.5) is 5.13 Å². The van der Waals surface area contributed by atoms with Crippen LogP contribution in [0.3, 0.4) is 0 Å². The molecule has 0 spiro atoms. The van der Waals surface area contributed by atoms with Gasteiger partial charge in [-0.15, -0.1) is 10.2 Å². The van der Waals surface area contributed by atoms with Crippen molar-refractivity contribution in [2.75, 3.05) is 25.0 Å². The molecule has 1 N–H and O–H groups in total. The van der Waals surface area contributed by atoms with Crippen LogP contribution in [0.25, 0.3) is 0 Å². The number of aromatic nitrogens is 2. The van der Waals surface area contributed by atoms with Crippen LogP contribution in [0, 0.1) is 0 Å². The molecule has 2 rings (SSSR count). The summed E-state index contributed by atoms with van der Waals surface area (Å²) in [7, 11) is 0. The molecule has 1 aliphatic heterocycles. The molecule has 1 aromatic heterocycles. The lowest BCUT2D eigenvalue weighted by molar-refractivity contribution is 0.0741. The second-order valence-corrected chi connectivity index (χ2v) is 5.88. The Kier molecular flexibility index (Phi) is 5.57. The molecule has 19 heavy (non-hydrogen) atoms. The highest BCUT2D eigenvalue weighted by molar-refractivity contribution is 7.17. The van der Waals surface area contributed by atoms with Crippen molar-refractivity contribution in [2.45, 2.75) is 45.4 Å². The largest absolute Gasteiger partial charge is 0.360 e. The van der Waals surface area contributed by atoms with E-state index in [1.54, 1.807) is 0 Å². The molecule has 0 bridgehead atoms. The van der Waals surface area contributed by atoms with Gasteiger partial charge in [-0.1, -0.05) is 37.5 Å². The van der Waals surface area contributed by atoms with Crippen molar-refractivity contribution in [2.24, 2.45) is 0 Å². The van der Waals surface area contributed by atoms with Gasteiger partial charge in [0, 0.05) is 19.6 Å². The Morgan fingerprint density at radius 2 is 1.89 bits per heavy atom. The highest BCUT2D eigenvalue weighted by atomic mass is 32.1. The van der Waals surface area contributed by atoms with Crippen LogP contribution < -0.4 is 5.32 Å². The standard InChI is InChI=1S/C13H22N4OS/c1-2-8-14-13-16-15-11(19-13)12(18)17-9-6-4-3-5-7-10-17/h2-10H2,1H3,(H,14,16). The maximum Gasteiger partial charge on any atom is 0.284 e. The summed E-state index contributed by atoms with van der Waals surface area (Å²) in [4.78, 5) is 14.3. The van der Waals surface area contributed by atoms with Crippen LogP contribution in [-0.4, -0.2) is 40.6 Å². The third kappa shape index (κ3) is 4.16. The molecule has 0 radical (unpaired) electrons. The normalized spacial score (nSPS) is 16.8. The average Bonchev–Trinajstić information content (AvgIpc) is 2.84. The predicted molar refractivity (Wildman–Crippen MR) is 77.7 cm³/mol. The lowest BCUT2D eigenvalue weighted by Crippen LogP contribution is -2.33. The van der Waals surface area contributed by atoms with Gasteiger partial charge in [-0.05, 0) is 19.3 Å². The lowest BCUT2D eigenvalue weighted by atomic mass is 10.1. The summed E-state index contributed by atoms with van der Waals surface area (Å²) >= 11 is 1.36. The van der Waals surface area contributed by atoms with Crippen LogP contribution in [-0.2, 0) is 0 Å². The van der Waals surface area contributed by atoms with Gasteiger partial charge in [-0.2, -0.15) is 0 Å². The minimum Gasteiger partial charge on any atom is -0.360 e. The summed E-state index contributed by atoms with van der Waals surface area (Å²) < 4.78 is 0. The molecule has 0 aliphatic carbocycles. The van der Waals surface area contributed by atoms with Gasteiger partial charge in [0.1, 0.15) is 0 Å². The van der Waals surface area contributed by atoms with E-state index in [2.05, 4.69) is 22.4 Å². The van der Waals surface area contributed by atoms with Gasteiger partial charge in [0.05, 0.1) is 0 Å². The first-order valence-electron chi connectivity index (χ1n) is 7.18. The summed E-state index contributed by atoms with van der Waals surface area (Å²) in [5.74, 6) is 0.0453. The summed E-state index contributed by atoms with van der Waals surface area (Å²) in [6.07, 6.45) is 6.99. The van der Waals surface area contributed by atoms with Crippen molar-refractivity contribution in [3.05, 3.63) is 5.01 Å². The summed E-state index contributed by atoms with van der Waals surface area (Å²) in [6.45, 7) is 4.68. The molecular weight excluding hydrogens is 260 g/mol. The molecule has 0 atom stereocenters. The summed E-state index contributed by atoms with van der Waals surface area (Å²) in [5.41, 5.74) is 0. The third-order valence-corrected chi connectivity index (χ3v) is 4.15. The van der Waals surface area contributed by atoms with Crippen molar-refractivity contribution in [3.63, 3.8) is 0 Å². The number of carbonyl (C=O) groups is 1. The monoisotopic (exact) mass is 282 g/mol. The highest BCUT2D eigenvalue weighted by Gasteiger charge is 2.20. The van der Waals surface area contributed by atoms with Crippen molar-refractivity contribution in [1.82, 2.24) is 15.1 Å². The first-order valence-corrected chi connectivity index (χ1v) is 7.99. The van der Waals surface area contributed by atoms with E-state index in [4.69, 9.17) is 0 Å². The number of anilines is 1. The van der Waals surface area contributed by atoms with Gasteiger partial charge >= 0.3 is 0 Å². The molecule has 2 heterocycles. The van der Waals surface area contributed by atoms with E-state index in [9.17, 15) is 4.79 Å². The Balaban J connectivity index is 1.95. The summed E-state index contributed by atoms with van der Waals surface area (Å²) in [5, 5.41) is 12.5. The second-order valence-electron chi connectivity index (χ2n) is 4.90. The number of carbonyl (C=O) groups excluding carboxylic acids is 1. The van der Waals surface area contributed by atoms with Crippen LogP contribution in [0.5, 0.6) is 0 Å². The van der Waals surface area contributed by atoms with Crippen LogP contribution in [0.1, 0.15) is 55.3 Å². The molecule has 1 saturated heterocycles. The minimum atomic E-state index is 0.0453. The Morgan fingerprint density at radius 3 is 2.58 bits per heavy atom. The quantitative estimate of drug-likeness (QED) is 0.922. The van der Waals surface area contributed by atoms with E-state index in [0.29, 0.717) is 5.01 Å². The van der Waals surface area contributed by atoms with E-state index in [0.717, 1.165) is 44.0 Å². The zero-order valence-corrected chi connectivity index (χ0v) is 12.3. The van der Waals surface area contributed by atoms with Gasteiger partial charge < -0.3 is 10.2 Å². The predicted octanol–water partition coefficient (Wildman–Crippen LogP) is 2.77. The minimum absolute atomic E-state index is 0.0453. The van der Waals surface area contributed by atoms with E-state index >= 15 is 0 Å². The molecule has 0 unspecified atom stereocenters. The first kappa shape index (κ1) is 14.2. The number of amides is 1. The van der Waals surface area contributed by atoms with Gasteiger partial charge in [-0.3, -0.25) is 4.79 Å². The molecule has 106 valence electrons. The van der Waals surface area contributed by atoms with Crippen LogP contribution in [0.2, 0.25) is 0 Å². The third-order valence-electron chi connectivity index (χ3n) is 3.28. The fourth-order valence-electron chi connectivity index (χ4n) is 2.20. The van der Waals surface area contributed by atoms with Crippen molar-refractivity contribution < 1.29 is 4.79 Å². The maximum atomic E-state index is 12.4. The highest BCUT2D eigenvalue weighted by Crippen LogP contribution is 2.19. The molecular formula is C13H22N4OS. The van der Waals surface area contributed by atoms with E-state index < -0.39 is 0 Å². The average molecular weight is 282 g/mol. The second kappa shape index (κ2) is 7.43. The number of hydrogen-bond acceptors (Lipinski definition) is 5. The van der Waals surface area contributed by atoms with E-state index in [1.165, 1.54) is 30.6 Å². The zero-order valence-electron chi connectivity index (χ0n) is 11.5. The SMILES string of the molecule is CCCNc1nnc(C(=O)N2CCCCCCC2)s1. The van der Waals surface area contributed by atoms with Gasteiger partial charge in [0.2, 0.25) is 10.1 Å². The number of hydrogen-bond donors (Lipinski definition) is 1. The molecule has 1 aliphatic rings. The number of rotatable bonds is 4. The number of nitrogens with zero attached hydrogens (tertiary/aromatic N) is 3. The molecule has 1 amide bonds. The Labute approximate surface area is 118 Å². The number of likely N-dealkylation sites (tertiary alicyclic amines) is 1. The van der Waals surface area contributed by atoms with E-state index in [1.807, 2.05) is 4.90 Å². The lowest BCUT2D eigenvalue weighted by Gasteiger charge is -2.23. The Hall–Kier alpha value is -1.17. The van der Waals surface area contributed by atoms with Crippen LogP contribution >= 0.6 is 11.3 Å². The molecule has 1 fully saturated rings. The van der Waals surface area contributed by atoms with Gasteiger partial charge in [-0.25, -0.2) is 0 Å². The Morgan fingerprint density at radius 1 is 1.21 bits per heavy atom. The van der Waals surface area contributed by atoms with Crippen molar-refractivity contribution in [3.8, 4) is 0 Å². The van der Waals surface area contributed by atoms with Crippen molar-refractivity contribution >= 4 is 22.4 Å². The number of nitrogens with one attached hydrogen (secondary N) is 1. The summed E-state index contributed by atoms with van der Waals surface area (Å²) in [6, 6.07) is 0. The Bertz CT molecular complexity index is 399. The van der Waals surface area contributed by atoms with E-state index in [-0.39, 0.29) is 5.91 Å². The smallest absolute Gasteiger partial charge is 0.284 e. The van der Waals surface area contributed by atoms with Gasteiger partial charge in [0.25, 0.3) is 5.91 Å². The maximum absolute atomic E-state index is 12.4. The first-order chi connectivity index (χ1) is 9.31. The fraction of sp³-hybridized carbons (Fsp3) is 0.769. The molecule has 1 aromatic rings. The van der Waals surface area contributed by atoms with Crippen molar-refractivity contribution in [1.29, 1.82) is 0 Å².